The summed E-state index contributed by atoms with van der Waals surface area (Å²) in [6, 6.07) is 3.82. The number of halogens is 4. The van der Waals surface area contributed by atoms with Crippen molar-refractivity contribution < 1.29 is 27.1 Å². The third-order valence-electron chi connectivity index (χ3n) is 5.51. The molecule has 0 N–H and O–H groups in total. The van der Waals surface area contributed by atoms with Gasteiger partial charge in [-0.15, -0.1) is 24.5 Å². The van der Waals surface area contributed by atoms with E-state index in [1.165, 1.54) is 30.8 Å². The maximum Gasteiger partial charge on any atom is 0.573 e. The Morgan fingerprint density at radius 2 is 1.86 bits per heavy atom. The molecule has 4 rings (SSSR count). The van der Waals surface area contributed by atoms with Crippen molar-refractivity contribution in [3.05, 3.63) is 65.6 Å². The van der Waals surface area contributed by atoms with Crippen LogP contribution < -0.4 is 20.8 Å². The van der Waals surface area contributed by atoms with Crippen LogP contribution in [0.4, 0.5) is 13.2 Å². The van der Waals surface area contributed by atoms with Gasteiger partial charge in [-0.25, -0.2) is 4.79 Å². The number of aromatic nitrogens is 3. The van der Waals surface area contributed by atoms with Gasteiger partial charge in [0.05, 0.1) is 17.1 Å². The smallest absolute Gasteiger partial charge is 0.444 e. The fourth-order valence-electron chi connectivity index (χ4n) is 3.70. The SMILES string of the molecule is Cc1oc2c(c1CC(=O)N=c1scc(-c3ccc(OC(F)(F)F)c(Cl)c3)n1C)c(=O)n(C)c(=O)n2C. The van der Waals surface area contributed by atoms with E-state index in [0.717, 1.165) is 22.0 Å². The van der Waals surface area contributed by atoms with Crippen molar-refractivity contribution in [2.45, 2.75) is 19.7 Å². The Morgan fingerprint density at radius 3 is 2.50 bits per heavy atom. The molecule has 1 amide bonds. The van der Waals surface area contributed by atoms with Crippen LogP contribution in [0.2, 0.25) is 5.02 Å². The lowest BCUT2D eigenvalue weighted by atomic mass is 10.1. The Balaban J connectivity index is 1.67. The van der Waals surface area contributed by atoms with Gasteiger partial charge < -0.3 is 13.7 Å². The second-order valence-corrected chi connectivity index (χ2v) is 9.10. The third-order valence-corrected chi connectivity index (χ3v) is 6.73. The zero-order chi connectivity index (χ0) is 26.5. The number of hydrogen-bond acceptors (Lipinski definition) is 6. The van der Waals surface area contributed by atoms with Crippen LogP contribution >= 0.6 is 22.9 Å². The lowest BCUT2D eigenvalue weighted by Crippen LogP contribution is -2.36. The van der Waals surface area contributed by atoms with Gasteiger partial charge in [-0.1, -0.05) is 11.6 Å². The minimum Gasteiger partial charge on any atom is -0.444 e. The highest BCUT2D eigenvalue weighted by molar-refractivity contribution is 7.07. The Bertz CT molecular complexity index is 1710. The number of benzene rings is 1. The number of nitrogens with zero attached hydrogens (tertiary/aromatic N) is 4. The molecule has 0 unspecified atom stereocenters. The summed E-state index contributed by atoms with van der Waals surface area (Å²) in [6.07, 6.45) is -5.11. The van der Waals surface area contributed by atoms with Crippen LogP contribution in [0, 0.1) is 6.92 Å². The van der Waals surface area contributed by atoms with E-state index in [9.17, 15) is 27.6 Å². The first kappa shape index (κ1) is 25.5. The molecule has 3 aromatic heterocycles. The number of amides is 1. The maximum absolute atomic E-state index is 12.8. The van der Waals surface area contributed by atoms with Crippen molar-refractivity contribution in [3.63, 3.8) is 0 Å². The number of fused-ring (bicyclic) bond motifs is 1. The van der Waals surface area contributed by atoms with E-state index >= 15 is 0 Å². The molecule has 0 spiro atoms. The normalized spacial score (nSPS) is 12.5. The second kappa shape index (κ2) is 9.13. The molecule has 3 heterocycles. The van der Waals surface area contributed by atoms with Gasteiger partial charge in [0.25, 0.3) is 11.5 Å². The molecule has 1 aromatic carbocycles. The summed E-state index contributed by atoms with van der Waals surface area (Å²) in [5.74, 6) is -0.774. The molecule has 0 aliphatic heterocycles. The van der Waals surface area contributed by atoms with Crippen LogP contribution in [0.15, 0.2) is 42.6 Å². The predicted octanol–water partition coefficient (Wildman–Crippen LogP) is 3.43. The molecule has 0 saturated carbocycles. The van der Waals surface area contributed by atoms with Gasteiger partial charge in [-0.05, 0) is 25.1 Å². The van der Waals surface area contributed by atoms with Crippen molar-refractivity contribution in [2.24, 2.45) is 26.1 Å². The highest BCUT2D eigenvalue weighted by Crippen LogP contribution is 2.33. The van der Waals surface area contributed by atoms with E-state index in [2.05, 4.69) is 9.73 Å². The molecule has 0 aliphatic rings. The summed E-state index contributed by atoms with van der Waals surface area (Å²) in [5, 5.41) is 1.57. The van der Waals surface area contributed by atoms with Crippen LogP contribution in [0.25, 0.3) is 22.4 Å². The molecule has 0 atom stereocenters. The quantitative estimate of drug-likeness (QED) is 0.393. The zero-order valence-corrected chi connectivity index (χ0v) is 20.8. The first-order valence-corrected chi connectivity index (χ1v) is 11.5. The third kappa shape index (κ3) is 4.63. The number of aryl methyl sites for hydroxylation is 2. The predicted molar refractivity (Wildman–Crippen MR) is 126 cm³/mol. The molecule has 0 radical (unpaired) electrons. The summed E-state index contributed by atoms with van der Waals surface area (Å²) in [4.78, 5) is 42.1. The summed E-state index contributed by atoms with van der Waals surface area (Å²) in [6.45, 7) is 1.59. The summed E-state index contributed by atoms with van der Waals surface area (Å²) in [7, 11) is 4.43. The lowest BCUT2D eigenvalue weighted by molar-refractivity contribution is -0.274. The van der Waals surface area contributed by atoms with Crippen molar-refractivity contribution in [1.29, 1.82) is 0 Å². The first-order valence-electron chi connectivity index (χ1n) is 10.2. The Labute approximate surface area is 209 Å². The second-order valence-electron chi connectivity index (χ2n) is 7.86. The standard InChI is InChI=1S/C22H18ClF3N4O5S/c1-10-12(17-18(32)29(3)21(33)30(4)19(17)34-10)8-16(31)27-20-28(2)14(9-36-20)11-5-6-15(13(23)7-11)35-22(24,25)26/h5-7,9H,8H2,1-4H3. The molecule has 0 fully saturated rings. The lowest BCUT2D eigenvalue weighted by Gasteiger charge is -2.11. The molecule has 36 heavy (non-hydrogen) atoms. The van der Waals surface area contributed by atoms with Crippen LogP contribution in [-0.4, -0.2) is 26.0 Å². The summed E-state index contributed by atoms with van der Waals surface area (Å²) in [5.41, 5.74) is 0.319. The number of carbonyl (C=O) groups excluding carboxylic acids is 1. The Hall–Kier alpha value is -3.58. The van der Waals surface area contributed by atoms with Gasteiger partial charge in [0, 0.05) is 37.6 Å². The van der Waals surface area contributed by atoms with Crippen LogP contribution in [0.3, 0.4) is 0 Å². The molecule has 190 valence electrons. The van der Waals surface area contributed by atoms with Crippen LogP contribution in [0.5, 0.6) is 5.75 Å². The molecule has 4 aromatic rings. The largest absolute Gasteiger partial charge is 0.573 e. The highest BCUT2D eigenvalue weighted by atomic mass is 35.5. The minimum atomic E-state index is -4.87. The van der Waals surface area contributed by atoms with Gasteiger partial charge in [-0.3, -0.25) is 18.7 Å². The van der Waals surface area contributed by atoms with Gasteiger partial charge in [0.2, 0.25) is 5.71 Å². The van der Waals surface area contributed by atoms with E-state index in [-0.39, 0.29) is 22.5 Å². The van der Waals surface area contributed by atoms with E-state index in [1.54, 1.807) is 23.9 Å². The molecular formula is C22H18ClF3N4O5S. The number of hydrogen-bond donors (Lipinski definition) is 0. The summed E-state index contributed by atoms with van der Waals surface area (Å²) < 4.78 is 50.7. The van der Waals surface area contributed by atoms with E-state index in [4.69, 9.17) is 16.0 Å². The minimum absolute atomic E-state index is 0.0715. The molecule has 14 heteroatoms. The molecule has 0 saturated heterocycles. The van der Waals surface area contributed by atoms with Crippen LogP contribution in [-0.2, 0) is 32.4 Å². The van der Waals surface area contributed by atoms with Crippen molar-refractivity contribution >= 4 is 39.9 Å². The van der Waals surface area contributed by atoms with Crippen molar-refractivity contribution in [1.82, 2.24) is 13.7 Å². The first-order chi connectivity index (χ1) is 16.8. The number of thiazole rings is 1. The average molecular weight is 543 g/mol. The van der Waals surface area contributed by atoms with Crippen molar-refractivity contribution in [3.8, 4) is 17.0 Å². The van der Waals surface area contributed by atoms with Gasteiger partial charge >= 0.3 is 12.1 Å². The Morgan fingerprint density at radius 1 is 1.17 bits per heavy atom. The fraction of sp³-hybridized carbons (Fsp3) is 0.273. The molecule has 0 aliphatic carbocycles. The number of rotatable bonds is 4. The fourth-order valence-corrected chi connectivity index (χ4v) is 4.84. The number of alkyl halides is 3. The molecule has 9 nitrogen and oxygen atoms in total. The molecular weight excluding hydrogens is 525 g/mol. The van der Waals surface area contributed by atoms with Crippen molar-refractivity contribution in [2.75, 3.05) is 0 Å². The number of furan rings is 1. The van der Waals surface area contributed by atoms with Gasteiger partial charge in [-0.2, -0.15) is 4.99 Å². The molecule has 0 bridgehead atoms. The van der Waals surface area contributed by atoms with Gasteiger partial charge in [0.1, 0.15) is 16.9 Å². The van der Waals surface area contributed by atoms with Gasteiger partial charge in [0.15, 0.2) is 4.80 Å². The van der Waals surface area contributed by atoms with E-state index in [1.807, 2.05) is 0 Å². The van der Waals surface area contributed by atoms with E-state index in [0.29, 0.717) is 27.4 Å². The zero-order valence-electron chi connectivity index (χ0n) is 19.3. The average Bonchev–Trinajstić information content (AvgIpc) is 3.31. The number of ether oxygens (including phenoxy) is 1. The summed E-state index contributed by atoms with van der Waals surface area (Å²) >= 11 is 7.09. The van der Waals surface area contributed by atoms with E-state index < -0.39 is 29.3 Å². The maximum atomic E-state index is 12.8. The highest BCUT2D eigenvalue weighted by Gasteiger charge is 2.32. The van der Waals surface area contributed by atoms with Crippen LogP contribution in [0.1, 0.15) is 11.3 Å². The topological polar surface area (TPSA) is 101 Å². The monoisotopic (exact) mass is 542 g/mol. The Kier molecular flexibility index (Phi) is 6.47. The number of carbonyl (C=O) groups is 1.